The number of rotatable bonds is 3. The molecule has 0 fully saturated rings. The molecule has 0 radical (unpaired) electrons. The molecule has 2 N–H and O–H groups in total. The lowest BCUT2D eigenvalue weighted by atomic mass is 10.1. The molecule has 0 heterocycles. The van der Waals surface area contributed by atoms with Crippen LogP contribution in [0.1, 0.15) is 24.1 Å². The summed E-state index contributed by atoms with van der Waals surface area (Å²) in [5, 5.41) is 8.78. The Bertz CT molecular complexity index is 642. The molecule has 0 aliphatic heterocycles. The standard InChI is InChI=1S/C16H16FN3/c1-11(19)13-5-8-16(15(17)9-13)20(2)14-6-3-12(10-18)4-7-14/h3-9,11H,19H2,1-2H3. The van der Waals surface area contributed by atoms with Gasteiger partial charge in [-0.05, 0) is 48.9 Å². The Morgan fingerprint density at radius 2 is 1.85 bits per heavy atom. The van der Waals surface area contributed by atoms with Gasteiger partial charge in [-0.25, -0.2) is 4.39 Å². The van der Waals surface area contributed by atoms with E-state index < -0.39 is 0 Å². The average molecular weight is 269 g/mol. The van der Waals surface area contributed by atoms with E-state index in [0.29, 0.717) is 11.3 Å². The molecule has 2 aromatic rings. The van der Waals surface area contributed by atoms with Gasteiger partial charge >= 0.3 is 0 Å². The van der Waals surface area contributed by atoms with Gasteiger partial charge in [-0.2, -0.15) is 5.26 Å². The van der Waals surface area contributed by atoms with E-state index in [1.807, 2.05) is 13.0 Å². The lowest BCUT2D eigenvalue weighted by molar-refractivity contribution is 0.622. The molecule has 0 saturated carbocycles. The molecule has 2 rings (SSSR count). The maximum absolute atomic E-state index is 14.1. The number of nitrogens with zero attached hydrogens (tertiary/aromatic N) is 2. The van der Waals surface area contributed by atoms with Crippen LogP contribution in [0.4, 0.5) is 15.8 Å². The fourth-order valence-corrected chi connectivity index (χ4v) is 1.98. The normalized spacial score (nSPS) is 11.8. The summed E-state index contributed by atoms with van der Waals surface area (Å²) in [6.45, 7) is 1.82. The Balaban J connectivity index is 2.33. The van der Waals surface area contributed by atoms with Crippen molar-refractivity contribution in [2.24, 2.45) is 5.73 Å². The molecule has 0 aliphatic rings. The SMILES string of the molecule is CC(N)c1ccc(N(C)c2ccc(C#N)cc2)c(F)c1. The Kier molecular flexibility index (Phi) is 4.02. The van der Waals surface area contributed by atoms with E-state index in [-0.39, 0.29) is 11.9 Å². The van der Waals surface area contributed by atoms with Gasteiger partial charge < -0.3 is 10.6 Å². The van der Waals surface area contributed by atoms with E-state index in [1.165, 1.54) is 6.07 Å². The smallest absolute Gasteiger partial charge is 0.147 e. The zero-order valence-electron chi connectivity index (χ0n) is 11.5. The molecule has 3 nitrogen and oxygen atoms in total. The number of anilines is 2. The van der Waals surface area contributed by atoms with Crippen molar-refractivity contribution in [1.29, 1.82) is 5.26 Å². The third-order valence-corrected chi connectivity index (χ3v) is 3.24. The lowest BCUT2D eigenvalue weighted by Crippen LogP contribution is -2.12. The van der Waals surface area contributed by atoms with E-state index in [4.69, 9.17) is 11.0 Å². The Morgan fingerprint density at radius 3 is 2.35 bits per heavy atom. The topological polar surface area (TPSA) is 53.0 Å². The number of nitriles is 1. The van der Waals surface area contributed by atoms with Gasteiger partial charge in [0.05, 0.1) is 17.3 Å². The second-order valence-electron chi connectivity index (χ2n) is 4.72. The summed E-state index contributed by atoms with van der Waals surface area (Å²) in [6, 6.07) is 13.9. The summed E-state index contributed by atoms with van der Waals surface area (Å²) < 4.78 is 14.1. The van der Waals surface area contributed by atoms with E-state index in [2.05, 4.69) is 6.07 Å². The van der Waals surface area contributed by atoms with E-state index in [9.17, 15) is 4.39 Å². The molecule has 1 unspecified atom stereocenters. The van der Waals surface area contributed by atoms with Crippen molar-refractivity contribution in [1.82, 2.24) is 0 Å². The summed E-state index contributed by atoms with van der Waals surface area (Å²) >= 11 is 0. The highest BCUT2D eigenvalue weighted by Gasteiger charge is 2.11. The van der Waals surface area contributed by atoms with Gasteiger partial charge in [-0.1, -0.05) is 6.07 Å². The molecule has 2 aromatic carbocycles. The first-order chi connectivity index (χ1) is 9.52. The molecule has 102 valence electrons. The van der Waals surface area contributed by atoms with Gasteiger partial charge in [0.25, 0.3) is 0 Å². The highest BCUT2D eigenvalue weighted by molar-refractivity contribution is 5.64. The summed E-state index contributed by atoms with van der Waals surface area (Å²) in [7, 11) is 1.78. The van der Waals surface area contributed by atoms with Gasteiger partial charge in [0.2, 0.25) is 0 Å². The van der Waals surface area contributed by atoms with Gasteiger partial charge in [0.1, 0.15) is 5.82 Å². The molecular weight excluding hydrogens is 253 g/mol. The number of benzene rings is 2. The Morgan fingerprint density at radius 1 is 1.20 bits per heavy atom. The van der Waals surface area contributed by atoms with Crippen molar-refractivity contribution in [3.8, 4) is 6.07 Å². The molecular formula is C16H16FN3. The lowest BCUT2D eigenvalue weighted by Gasteiger charge is -2.21. The van der Waals surface area contributed by atoms with Crippen LogP contribution in [0.2, 0.25) is 0 Å². The van der Waals surface area contributed by atoms with E-state index in [1.54, 1.807) is 42.3 Å². The van der Waals surface area contributed by atoms with E-state index in [0.717, 1.165) is 11.3 Å². The number of hydrogen-bond acceptors (Lipinski definition) is 3. The van der Waals surface area contributed by atoms with E-state index >= 15 is 0 Å². The third kappa shape index (κ3) is 2.79. The first-order valence-electron chi connectivity index (χ1n) is 6.32. The van der Waals surface area contributed by atoms with Crippen LogP contribution in [0.25, 0.3) is 0 Å². The van der Waals surface area contributed by atoms with Crippen molar-refractivity contribution in [2.75, 3.05) is 11.9 Å². The molecule has 20 heavy (non-hydrogen) atoms. The Hall–Kier alpha value is -2.38. The average Bonchev–Trinajstić information content (AvgIpc) is 2.46. The Labute approximate surface area is 118 Å². The predicted molar refractivity (Wildman–Crippen MR) is 78.2 cm³/mol. The maximum Gasteiger partial charge on any atom is 0.147 e. The minimum absolute atomic E-state index is 0.196. The van der Waals surface area contributed by atoms with Crippen molar-refractivity contribution < 1.29 is 4.39 Å². The highest BCUT2D eigenvalue weighted by atomic mass is 19.1. The molecule has 0 spiro atoms. The molecule has 0 saturated heterocycles. The van der Waals surface area contributed by atoms with Crippen LogP contribution in [0.3, 0.4) is 0 Å². The summed E-state index contributed by atoms with van der Waals surface area (Å²) in [5.41, 5.74) is 8.37. The fourth-order valence-electron chi connectivity index (χ4n) is 1.98. The summed E-state index contributed by atoms with van der Waals surface area (Å²) in [5.74, 6) is -0.313. The zero-order chi connectivity index (χ0) is 14.7. The number of halogens is 1. The van der Waals surface area contributed by atoms with Crippen LogP contribution in [-0.4, -0.2) is 7.05 Å². The van der Waals surface area contributed by atoms with Crippen LogP contribution in [0.15, 0.2) is 42.5 Å². The van der Waals surface area contributed by atoms with Gasteiger partial charge in [0, 0.05) is 18.8 Å². The second-order valence-corrected chi connectivity index (χ2v) is 4.72. The zero-order valence-corrected chi connectivity index (χ0v) is 11.5. The van der Waals surface area contributed by atoms with Crippen LogP contribution < -0.4 is 10.6 Å². The van der Waals surface area contributed by atoms with Crippen LogP contribution in [0.5, 0.6) is 0 Å². The first-order valence-corrected chi connectivity index (χ1v) is 6.32. The molecule has 0 amide bonds. The second kappa shape index (κ2) is 5.72. The molecule has 4 heteroatoms. The monoisotopic (exact) mass is 269 g/mol. The quantitative estimate of drug-likeness (QED) is 0.928. The maximum atomic E-state index is 14.1. The van der Waals surface area contributed by atoms with Crippen LogP contribution in [0, 0.1) is 17.1 Å². The first kappa shape index (κ1) is 14.0. The molecule has 0 aliphatic carbocycles. The number of nitrogens with two attached hydrogens (primary N) is 1. The predicted octanol–water partition coefficient (Wildman–Crippen LogP) is 3.48. The molecule has 1 atom stereocenters. The van der Waals surface area contributed by atoms with Crippen molar-refractivity contribution in [3.05, 3.63) is 59.4 Å². The van der Waals surface area contributed by atoms with Gasteiger partial charge in [0.15, 0.2) is 0 Å². The fraction of sp³-hybridized carbons (Fsp3) is 0.188. The molecule has 0 aromatic heterocycles. The van der Waals surface area contributed by atoms with Crippen LogP contribution in [-0.2, 0) is 0 Å². The van der Waals surface area contributed by atoms with Crippen LogP contribution >= 0.6 is 0 Å². The molecule has 0 bridgehead atoms. The van der Waals surface area contributed by atoms with Crippen molar-refractivity contribution in [3.63, 3.8) is 0 Å². The minimum atomic E-state index is -0.313. The summed E-state index contributed by atoms with van der Waals surface area (Å²) in [4.78, 5) is 1.74. The highest BCUT2D eigenvalue weighted by Crippen LogP contribution is 2.28. The van der Waals surface area contributed by atoms with Gasteiger partial charge in [-0.3, -0.25) is 0 Å². The van der Waals surface area contributed by atoms with Crippen molar-refractivity contribution in [2.45, 2.75) is 13.0 Å². The summed E-state index contributed by atoms with van der Waals surface area (Å²) in [6.07, 6.45) is 0. The number of hydrogen-bond donors (Lipinski definition) is 1. The minimum Gasteiger partial charge on any atom is -0.342 e. The van der Waals surface area contributed by atoms with Crippen molar-refractivity contribution >= 4 is 11.4 Å². The third-order valence-electron chi connectivity index (χ3n) is 3.24. The van der Waals surface area contributed by atoms with Gasteiger partial charge in [-0.15, -0.1) is 0 Å². The largest absolute Gasteiger partial charge is 0.342 e.